The molecule has 0 amide bonds. The third-order valence-electron chi connectivity index (χ3n) is 3.04. The van der Waals surface area contributed by atoms with Crippen molar-refractivity contribution in [3.63, 3.8) is 0 Å². The lowest BCUT2D eigenvalue weighted by molar-refractivity contribution is 0.111. The van der Waals surface area contributed by atoms with Crippen molar-refractivity contribution in [1.82, 2.24) is 4.57 Å². The van der Waals surface area contributed by atoms with Gasteiger partial charge in [-0.25, -0.2) is 0 Å². The molecule has 0 spiro atoms. The highest BCUT2D eigenvalue weighted by Crippen LogP contribution is 2.32. The molecule has 2 aromatic rings. The molecule has 4 heteroatoms. The topological polar surface area (TPSA) is 31.2 Å². The van der Waals surface area contributed by atoms with Crippen LogP contribution in [-0.4, -0.2) is 18.0 Å². The van der Waals surface area contributed by atoms with Crippen LogP contribution in [0.1, 0.15) is 24.3 Å². The zero-order chi connectivity index (χ0) is 14.0. The normalized spacial score (nSPS) is 10.5. The number of ether oxygens (including phenoxy) is 1. The number of hydrogen-bond donors (Lipinski definition) is 0. The summed E-state index contributed by atoms with van der Waals surface area (Å²) in [7, 11) is 1.61. The number of benzene rings is 1. The van der Waals surface area contributed by atoms with E-state index in [-0.39, 0.29) is 0 Å². The van der Waals surface area contributed by atoms with Crippen molar-refractivity contribution in [3.05, 3.63) is 40.6 Å². The first-order valence-corrected chi connectivity index (χ1v) is 6.40. The van der Waals surface area contributed by atoms with Crippen molar-refractivity contribution in [1.29, 1.82) is 0 Å². The van der Waals surface area contributed by atoms with E-state index in [1.165, 1.54) is 5.57 Å². The Morgan fingerprint density at radius 3 is 2.74 bits per heavy atom. The minimum absolute atomic E-state index is 0.478. The van der Waals surface area contributed by atoms with Crippen LogP contribution in [-0.2, 0) is 6.54 Å². The standard InChI is InChI=1S/C15H16ClNO2/c1-10(2)6-7-17-13-5-4-11(19-3)8-12(13)15(16)14(17)9-18/h4-6,8-9H,7H2,1-3H3. The lowest BCUT2D eigenvalue weighted by Crippen LogP contribution is -2.00. The van der Waals surface area contributed by atoms with Gasteiger partial charge in [-0.3, -0.25) is 4.79 Å². The molecule has 0 saturated heterocycles. The van der Waals surface area contributed by atoms with Crippen LogP contribution in [0.15, 0.2) is 29.8 Å². The molecule has 0 bridgehead atoms. The largest absolute Gasteiger partial charge is 0.497 e. The number of fused-ring (bicyclic) bond motifs is 1. The van der Waals surface area contributed by atoms with Crippen molar-refractivity contribution in [3.8, 4) is 5.75 Å². The first-order chi connectivity index (χ1) is 9.08. The van der Waals surface area contributed by atoms with E-state index >= 15 is 0 Å². The Balaban J connectivity index is 2.67. The average Bonchev–Trinajstić information content (AvgIpc) is 2.68. The lowest BCUT2D eigenvalue weighted by Gasteiger charge is -2.05. The van der Waals surface area contributed by atoms with Crippen LogP contribution < -0.4 is 4.74 Å². The second-order valence-corrected chi connectivity index (χ2v) is 4.97. The van der Waals surface area contributed by atoms with Crippen LogP contribution in [0.5, 0.6) is 5.75 Å². The molecule has 1 aromatic heterocycles. The maximum atomic E-state index is 11.3. The number of hydrogen-bond acceptors (Lipinski definition) is 2. The molecule has 1 heterocycles. The molecule has 19 heavy (non-hydrogen) atoms. The zero-order valence-electron chi connectivity index (χ0n) is 11.2. The summed E-state index contributed by atoms with van der Waals surface area (Å²) < 4.78 is 7.10. The summed E-state index contributed by atoms with van der Waals surface area (Å²) >= 11 is 6.28. The summed E-state index contributed by atoms with van der Waals surface area (Å²) in [6.07, 6.45) is 2.86. The minimum Gasteiger partial charge on any atom is -0.497 e. The number of halogens is 1. The van der Waals surface area contributed by atoms with Crippen molar-refractivity contribution < 1.29 is 9.53 Å². The second kappa shape index (κ2) is 5.49. The van der Waals surface area contributed by atoms with Gasteiger partial charge in [-0.2, -0.15) is 0 Å². The van der Waals surface area contributed by atoms with Gasteiger partial charge in [0.2, 0.25) is 0 Å². The Labute approximate surface area is 117 Å². The first-order valence-electron chi connectivity index (χ1n) is 6.02. The Bertz CT molecular complexity index is 652. The van der Waals surface area contributed by atoms with Gasteiger partial charge in [0.25, 0.3) is 0 Å². The highest BCUT2D eigenvalue weighted by Gasteiger charge is 2.15. The third-order valence-corrected chi connectivity index (χ3v) is 3.44. The third kappa shape index (κ3) is 2.51. The molecule has 0 aliphatic carbocycles. The highest BCUT2D eigenvalue weighted by molar-refractivity contribution is 6.38. The molecule has 3 nitrogen and oxygen atoms in total. The molecule has 1 aromatic carbocycles. The SMILES string of the molecule is COc1ccc2c(c1)c(Cl)c(C=O)n2CC=C(C)C. The number of allylic oxidation sites excluding steroid dienone is 2. The van der Waals surface area contributed by atoms with E-state index in [0.29, 0.717) is 17.3 Å². The summed E-state index contributed by atoms with van der Waals surface area (Å²) in [5, 5.41) is 1.32. The number of carbonyl (C=O) groups is 1. The quantitative estimate of drug-likeness (QED) is 0.623. The molecule has 0 radical (unpaired) electrons. The molecule has 0 fully saturated rings. The first kappa shape index (κ1) is 13.7. The van der Waals surface area contributed by atoms with Crippen molar-refractivity contribution in [2.75, 3.05) is 7.11 Å². The van der Waals surface area contributed by atoms with Gasteiger partial charge in [-0.05, 0) is 32.0 Å². The van der Waals surface area contributed by atoms with E-state index < -0.39 is 0 Å². The van der Waals surface area contributed by atoms with Crippen LogP contribution in [0.25, 0.3) is 10.9 Å². The van der Waals surface area contributed by atoms with E-state index in [2.05, 4.69) is 6.08 Å². The fourth-order valence-electron chi connectivity index (χ4n) is 2.03. The summed E-state index contributed by atoms with van der Waals surface area (Å²) in [4.78, 5) is 11.3. The molecule has 100 valence electrons. The summed E-state index contributed by atoms with van der Waals surface area (Å²) in [6, 6.07) is 5.64. The maximum absolute atomic E-state index is 11.3. The molecule has 0 unspecified atom stereocenters. The number of rotatable bonds is 4. The van der Waals surface area contributed by atoms with Crippen molar-refractivity contribution in [2.45, 2.75) is 20.4 Å². The van der Waals surface area contributed by atoms with Crippen LogP contribution in [0.3, 0.4) is 0 Å². The van der Waals surface area contributed by atoms with E-state index in [1.54, 1.807) is 7.11 Å². The molecular formula is C15H16ClNO2. The van der Waals surface area contributed by atoms with Gasteiger partial charge in [0.05, 0.1) is 17.6 Å². The van der Waals surface area contributed by atoms with Crippen molar-refractivity contribution in [2.24, 2.45) is 0 Å². The maximum Gasteiger partial charge on any atom is 0.168 e. The van der Waals surface area contributed by atoms with E-state index in [0.717, 1.165) is 22.9 Å². The molecule has 0 N–H and O–H groups in total. The van der Waals surface area contributed by atoms with Gasteiger partial charge in [0.1, 0.15) is 11.4 Å². The molecule has 2 rings (SSSR count). The van der Waals surface area contributed by atoms with E-state index in [4.69, 9.17) is 16.3 Å². The Kier molecular flexibility index (Phi) is 3.96. The number of aldehydes is 1. The highest BCUT2D eigenvalue weighted by atomic mass is 35.5. The van der Waals surface area contributed by atoms with Gasteiger partial charge < -0.3 is 9.30 Å². The smallest absolute Gasteiger partial charge is 0.168 e. The monoisotopic (exact) mass is 277 g/mol. The van der Waals surface area contributed by atoms with E-state index in [9.17, 15) is 4.79 Å². The zero-order valence-corrected chi connectivity index (χ0v) is 12.0. The van der Waals surface area contributed by atoms with E-state index in [1.807, 2.05) is 36.6 Å². The number of carbonyl (C=O) groups excluding carboxylic acids is 1. The predicted octanol–water partition coefficient (Wildman–Crippen LogP) is 4.08. The van der Waals surface area contributed by atoms with Gasteiger partial charge in [0, 0.05) is 11.9 Å². The fourth-order valence-corrected chi connectivity index (χ4v) is 2.32. The lowest BCUT2D eigenvalue weighted by atomic mass is 10.2. The number of aromatic nitrogens is 1. The predicted molar refractivity (Wildman–Crippen MR) is 78.3 cm³/mol. The minimum atomic E-state index is 0.478. The van der Waals surface area contributed by atoms with Crippen LogP contribution in [0.2, 0.25) is 5.02 Å². The average molecular weight is 278 g/mol. The van der Waals surface area contributed by atoms with Crippen LogP contribution in [0.4, 0.5) is 0 Å². The Morgan fingerprint density at radius 1 is 1.42 bits per heavy atom. The van der Waals surface area contributed by atoms with Crippen molar-refractivity contribution >= 4 is 28.8 Å². The molecule has 0 aliphatic rings. The summed E-state index contributed by atoms with van der Waals surface area (Å²) in [5.74, 6) is 0.728. The molecular weight excluding hydrogens is 262 g/mol. The number of methoxy groups -OCH3 is 1. The number of nitrogens with zero attached hydrogens (tertiary/aromatic N) is 1. The molecule has 0 atom stereocenters. The van der Waals surface area contributed by atoms with Gasteiger partial charge >= 0.3 is 0 Å². The van der Waals surface area contributed by atoms with Crippen LogP contribution >= 0.6 is 11.6 Å². The van der Waals surface area contributed by atoms with Gasteiger partial charge in [0.15, 0.2) is 6.29 Å². The summed E-state index contributed by atoms with van der Waals surface area (Å²) in [5.41, 5.74) is 2.64. The van der Waals surface area contributed by atoms with Gasteiger partial charge in [-0.1, -0.05) is 23.3 Å². The summed E-state index contributed by atoms with van der Waals surface area (Å²) in [6.45, 7) is 4.68. The molecule has 0 saturated carbocycles. The fraction of sp³-hybridized carbons (Fsp3) is 0.267. The van der Waals surface area contributed by atoms with Crippen LogP contribution in [0, 0.1) is 0 Å². The van der Waals surface area contributed by atoms with Gasteiger partial charge in [-0.15, -0.1) is 0 Å². The Morgan fingerprint density at radius 2 is 2.16 bits per heavy atom. The molecule has 0 aliphatic heterocycles. The Hall–Kier alpha value is -1.74. The second-order valence-electron chi connectivity index (χ2n) is 4.59.